The summed E-state index contributed by atoms with van der Waals surface area (Å²) in [5.74, 6) is 0.171. The Morgan fingerprint density at radius 2 is 1.91 bits per heavy atom. The number of amides is 2. The fraction of sp³-hybridized carbons (Fsp3) is 0.529. The van der Waals surface area contributed by atoms with Crippen LogP contribution < -0.4 is 5.32 Å². The van der Waals surface area contributed by atoms with Crippen LogP contribution in [0.5, 0.6) is 0 Å². The lowest BCUT2D eigenvalue weighted by atomic mass is 9.95. The highest BCUT2D eigenvalue weighted by atomic mass is 16.5. The maximum atomic E-state index is 12.3. The van der Waals surface area contributed by atoms with Gasteiger partial charge in [-0.3, -0.25) is 9.59 Å². The molecule has 0 unspecified atom stereocenters. The lowest BCUT2D eigenvalue weighted by Crippen LogP contribution is -2.43. The number of ether oxygens (including phenoxy) is 1. The monoisotopic (exact) mass is 304 g/mol. The first-order valence-corrected chi connectivity index (χ1v) is 7.83. The van der Waals surface area contributed by atoms with Gasteiger partial charge in [0.1, 0.15) is 0 Å². The standard InChI is InChI=1S/C17H24N2O3/c1-22-13-5-10-18-16(20)14-8-11-19(12-9-14)17(21)15-6-3-2-4-7-15/h2-4,6-7,14H,5,8-13H2,1H3,(H,18,20). The number of benzene rings is 1. The predicted molar refractivity (Wildman–Crippen MR) is 84.6 cm³/mol. The van der Waals surface area contributed by atoms with Crippen LogP contribution in [0, 0.1) is 5.92 Å². The van der Waals surface area contributed by atoms with Gasteiger partial charge in [0.15, 0.2) is 0 Å². The fourth-order valence-electron chi connectivity index (χ4n) is 2.68. The smallest absolute Gasteiger partial charge is 0.253 e. The molecule has 0 saturated carbocycles. The second-order valence-corrected chi connectivity index (χ2v) is 5.57. The first-order chi connectivity index (χ1) is 10.7. The largest absolute Gasteiger partial charge is 0.385 e. The van der Waals surface area contributed by atoms with Gasteiger partial charge in [-0.1, -0.05) is 18.2 Å². The first-order valence-electron chi connectivity index (χ1n) is 7.83. The summed E-state index contributed by atoms with van der Waals surface area (Å²) in [6.07, 6.45) is 2.29. The van der Waals surface area contributed by atoms with Crippen LogP contribution in [0.15, 0.2) is 30.3 Å². The van der Waals surface area contributed by atoms with E-state index in [2.05, 4.69) is 5.32 Å². The molecule has 5 heteroatoms. The van der Waals surface area contributed by atoms with E-state index in [1.807, 2.05) is 35.2 Å². The SMILES string of the molecule is COCCCNC(=O)C1CCN(C(=O)c2ccccc2)CC1. The molecule has 0 aromatic heterocycles. The molecule has 2 amide bonds. The van der Waals surface area contributed by atoms with Gasteiger partial charge in [0.25, 0.3) is 5.91 Å². The van der Waals surface area contributed by atoms with Gasteiger partial charge in [-0.15, -0.1) is 0 Å². The molecular weight excluding hydrogens is 280 g/mol. The molecule has 0 spiro atoms. The molecule has 0 aliphatic carbocycles. The number of methoxy groups -OCH3 is 1. The third-order valence-electron chi connectivity index (χ3n) is 4.00. The molecule has 1 aromatic carbocycles. The summed E-state index contributed by atoms with van der Waals surface area (Å²) in [7, 11) is 1.65. The number of hydrogen-bond donors (Lipinski definition) is 1. The number of nitrogens with zero attached hydrogens (tertiary/aromatic N) is 1. The van der Waals surface area contributed by atoms with Crippen molar-refractivity contribution in [2.75, 3.05) is 33.4 Å². The molecule has 1 aliphatic rings. The zero-order valence-electron chi connectivity index (χ0n) is 13.1. The minimum atomic E-state index is 0.0161. The molecule has 1 N–H and O–H groups in total. The highest BCUT2D eigenvalue weighted by molar-refractivity contribution is 5.94. The minimum absolute atomic E-state index is 0.0161. The summed E-state index contributed by atoms with van der Waals surface area (Å²) < 4.78 is 4.96. The summed E-state index contributed by atoms with van der Waals surface area (Å²) in [4.78, 5) is 26.2. The summed E-state index contributed by atoms with van der Waals surface area (Å²) >= 11 is 0. The van der Waals surface area contributed by atoms with Crippen molar-refractivity contribution >= 4 is 11.8 Å². The third kappa shape index (κ3) is 4.56. The summed E-state index contributed by atoms with van der Waals surface area (Å²) in [5, 5.41) is 2.94. The molecule has 1 aromatic rings. The Hall–Kier alpha value is -1.88. The number of likely N-dealkylation sites (tertiary alicyclic amines) is 1. The van der Waals surface area contributed by atoms with Crippen molar-refractivity contribution in [3.8, 4) is 0 Å². The Balaban J connectivity index is 1.75. The number of rotatable bonds is 6. The molecule has 5 nitrogen and oxygen atoms in total. The molecule has 0 bridgehead atoms. The molecular formula is C17H24N2O3. The van der Waals surface area contributed by atoms with Crippen LogP contribution >= 0.6 is 0 Å². The van der Waals surface area contributed by atoms with Gasteiger partial charge in [-0.05, 0) is 31.4 Å². The molecule has 1 fully saturated rings. The van der Waals surface area contributed by atoms with Crippen molar-refractivity contribution in [1.82, 2.24) is 10.2 Å². The molecule has 1 aliphatic heterocycles. The van der Waals surface area contributed by atoms with E-state index in [4.69, 9.17) is 4.74 Å². The number of carbonyl (C=O) groups excluding carboxylic acids is 2. The van der Waals surface area contributed by atoms with Gasteiger partial charge in [0, 0.05) is 44.8 Å². The molecule has 1 saturated heterocycles. The van der Waals surface area contributed by atoms with E-state index in [1.54, 1.807) is 7.11 Å². The molecule has 2 rings (SSSR count). The van der Waals surface area contributed by atoms with Crippen molar-refractivity contribution in [1.29, 1.82) is 0 Å². The molecule has 22 heavy (non-hydrogen) atoms. The van der Waals surface area contributed by atoms with Gasteiger partial charge < -0.3 is 15.0 Å². The normalized spacial score (nSPS) is 15.6. The summed E-state index contributed by atoms with van der Waals surface area (Å²) in [6.45, 7) is 2.59. The minimum Gasteiger partial charge on any atom is -0.385 e. The number of hydrogen-bond acceptors (Lipinski definition) is 3. The Kier molecular flexibility index (Phi) is 6.40. The second kappa shape index (κ2) is 8.54. The first kappa shape index (κ1) is 16.5. The third-order valence-corrected chi connectivity index (χ3v) is 4.00. The predicted octanol–water partition coefficient (Wildman–Crippen LogP) is 1.69. The van der Waals surface area contributed by atoms with Crippen molar-refractivity contribution in [3.63, 3.8) is 0 Å². The number of nitrogens with one attached hydrogen (secondary N) is 1. The van der Waals surface area contributed by atoms with Crippen molar-refractivity contribution < 1.29 is 14.3 Å². The van der Waals surface area contributed by atoms with Crippen LogP contribution in [-0.2, 0) is 9.53 Å². The maximum Gasteiger partial charge on any atom is 0.253 e. The fourth-order valence-corrected chi connectivity index (χ4v) is 2.68. The quantitative estimate of drug-likeness (QED) is 0.814. The Morgan fingerprint density at radius 3 is 2.55 bits per heavy atom. The van der Waals surface area contributed by atoms with Gasteiger partial charge in [-0.2, -0.15) is 0 Å². The van der Waals surface area contributed by atoms with E-state index in [0.29, 0.717) is 31.8 Å². The number of carbonyl (C=O) groups is 2. The van der Waals surface area contributed by atoms with Crippen molar-refractivity contribution in [3.05, 3.63) is 35.9 Å². The van der Waals surface area contributed by atoms with Crippen LogP contribution in [0.25, 0.3) is 0 Å². The van der Waals surface area contributed by atoms with E-state index in [1.165, 1.54) is 0 Å². The van der Waals surface area contributed by atoms with Crippen molar-refractivity contribution in [2.24, 2.45) is 5.92 Å². The number of piperidine rings is 1. The Morgan fingerprint density at radius 1 is 1.23 bits per heavy atom. The van der Waals surface area contributed by atoms with Crippen LogP contribution in [0.4, 0.5) is 0 Å². The lowest BCUT2D eigenvalue weighted by molar-refractivity contribution is -0.126. The van der Waals surface area contributed by atoms with Gasteiger partial charge in [0.05, 0.1) is 0 Å². The Bertz CT molecular complexity index is 482. The van der Waals surface area contributed by atoms with Crippen molar-refractivity contribution in [2.45, 2.75) is 19.3 Å². The van der Waals surface area contributed by atoms with Crippen LogP contribution in [-0.4, -0.2) is 50.1 Å². The summed E-state index contributed by atoms with van der Waals surface area (Å²) in [5.41, 5.74) is 0.713. The average Bonchev–Trinajstić information content (AvgIpc) is 2.59. The molecule has 1 heterocycles. The Labute approximate surface area is 131 Å². The summed E-state index contributed by atoms with van der Waals surface area (Å²) in [6, 6.07) is 9.30. The molecule has 0 atom stereocenters. The van der Waals surface area contributed by atoms with E-state index in [0.717, 1.165) is 19.3 Å². The molecule has 120 valence electrons. The van der Waals surface area contributed by atoms with Gasteiger partial charge in [0.2, 0.25) is 5.91 Å². The molecule has 0 radical (unpaired) electrons. The topological polar surface area (TPSA) is 58.6 Å². The average molecular weight is 304 g/mol. The van der Waals surface area contributed by atoms with Crippen LogP contribution in [0.2, 0.25) is 0 Å². The van der Waals surface area contributed by atoms with E-state index < -0.39 is 0 Å². The van der Waals surface area contributed by atoms with Gasteiger partial charge >= 0.3 is 0 Å². The second-order valence-electron chi connectivity index (χ2n) is 5.57. The van der Waals surface area contributed by atoms with E-state index in [-0.39, 0.29) is 17.7 Å². The van der Waals surface area contributed by atoms with Crippen LogP contribution in [0.1, 0.15) is 29.6 Å². The highest BCUT2D eigenvalue weighted by Crippen LogP contribution is 2.19. The zero-order valence-corrected chi connectivity index (χ0v) is 13.1. The highest BCUT2D eigenvalue weighted by Gasteiger charge is 2.27. The zero-order chi connectivity index (χ0) is 15.8. The van der Waals surface area contributed by atoms with Gasteiger partial charge in [-0.25, -0.2) is 0 Å². The van der Waals surface area contributed by atoms with Crippen LogP contribution in [0.3, 0.4) is 0 Å². The van der Waals surface area contributed by atoms with E-state index >= 15 is 0 Å². The maximum absolute atomic E-state index is 12.3. The van der Waals surface area contributed by atoms with E-state index in [9.17, 15) is 9.59 Å². The lowest BCUT2D eigenvalue weighted by Gasteiger charge is -2.31.